The summed E-state index contributed by atoms with van der Waals surface area (Å²) in [6.07, 6.45) is 0.948. The molecule has 0 spiro atoms. The van der Waals surface area contributed by atoms with Crippen LogP contribution < -0.4 is 5.73 Å². The molecule has 1 aliphatic rings. The van der Waals surface area contributed by atoms with Gasteiger partial charge in [-0.3, -0.25) is 0 Å². The molecule has 1 saturated heterocycles. The maximum Gasteiger partial charge on any atom is 0.0961 e. The smallest absolute Gasteiger partial charge is 0.0961 e. The molecule has 0 aliphatic carbocycles. The molecular weight excluding hydrogens is 238 g/mol. The van der Waals surface area contributed by atoms with Crippen molar-refractivity contribution in [1.29, 1.82) is 0 Å². The number of ether oxygens (including phenoxy) is 2. The molecule has 3 nitrogen and oxygen atoms in total. The lowest BCUT2D eigenvalue weighted by atomic mass is 10.1. The zero-order valence-electron chi connectivity index (χ0n) is 9.77. The molecule has 0 radical (unpaired) electrons. The molecule has 0 bridgehead atoms. The van der Waals surface area contributed by atoms with Gasteiger partial charge in [0.2, 0.25) is 0 Å². The highest BCUT2D eigenvalue weighted by molar-refractivity contribution is 6.31. The van der Waals surface area contributed by atoms with Crippen LogP contribution >= 0.6 is 11.6 Å². The Bertz CT molecular complexity index is 353. The Kier molecular flexibility index (Phi) is 4.80. The molecule has 17 heavy (non-hydrogen) atoms. The van der Waals surface area contributed by atoms with Gasteiger partial charge in [0, 0.05) is 29.7 Å². The van der Waals surface area contributed by atoms with Crippen molar-refractivity contribution in [3.8, 4) is 0 Å². The zero-order valence-corrected chi connectivity index (χ0v) is 10.5. The van der Waals surface area contributed by atoms with E-state index in [1.54, 1.807) is 0 Å². The van der Waals surface area contributed by atoms with E-state index in [0.717, 1.165) is 25.2 Å². The second kappa shape index (κ2) is 6.36. The summed E-state index contributed by atoms with van der Waals surface area (Å²) in [4.78, 5) is 0. The molecule has 94 valence electrons. The minimum Gasteiger partial charge on any atom is -0.381 e. The van der Waals surface area contributed by atoms with Crippen LogP contribution in [0.4, 0.5) is 0 Å². The Labute approximate surface area is 107 Å². The van der Waals surface area contributed by atoms with E-state index in [9.17, 15) is 0 Å². The maximum atomic E-state index is 6.13. The van der Waals surface area contributed by atoms with Crippen LogP contribution in [-0.2, 0) is 9.47 Å². The van der Waals surface area contributed by atoms with Gasteiger partial charge in [-0.1, -0.05) is 29.8 Å². The Morgan fingerprint density at radius 2 is 2.29 bits per heavy atom. The third kappa shape index (κ3) is 3.42. The average molecular weight is 256 g/mol. The number of hydrogen-bond acceptors (Lipinski definition) is 3. The lowest BCUT2D eigenvalue weighted by Gasteiger charge is -2.19. The van der Waals surface area contributed by atoms with E-state index < -0.39 is 0 Å². The highest BCUT2D eigenvalue weighted by Crippen LogP contribution is 2.26. The van der Waals surface area contributed by atoms with Crippen LogP contribution in [0, 0.1) is 5.92 Å². The number of nitrogens with two attached hydrogens (primary N) is 1. The summed E-state index contributed by atoms with van der Waals surface area (Å²) in [5.74, 6) is 0.492. The van der Waals surface area contributed by atoms with Crippen molar-refractivity contribution >= 4 is 11.6 Å². The summed E-state index contributed by atoms with van der Waals surface area (Å²) in [7, 11) is 0. The highest BCUT2D eigenvalue weighted by atomic mass is 35.5. The first-order valence-electron chi connectivity index (χ1n) is 5.95. The predicted molar refractivity (Wildman–Crippen MR) is 68.1 cm³/mol. The van der Waals surface area contributed by atoms with E-state index >= 15 is 0 Å². The fraction of sp³-hybridized carbons (Fsp3) is 0.538. The van der Waals surface area contributed by atoms with Gasteiger partial charge >= 0.3 is 0 Å². The predicted octanol–water partition coefficient (Wildman–Crippen LogP) is 2.39. The topological polar surface area (TPSA) is 44.5 Å². The third-order valence-corrected chi connectivity index (χ3v) is 3.37. The van der Waals surface area contributed by atoms with Crippen molar-refractivity contribution in [3.05, 3.63) is 34.9 Å². The second-order valence-corrected chi connectivity index (χ2v) is 4.72. The molecule has 4 heteroatoms. The molecule has 1 fully saturated rings. The van der Waals surface area contributed by atoms with Crippen LogP contribution in [0.25, 0.3) is 0 Å². The summed E-state index contributed by atoms with van der Waals surface area (Å²) < 4.78 is 11.2. The SMILES string of the molecule is NCC(OCC1CCOC1)c1ccccc1Cl. The molecule has 1 heterocycles. The summed E-state index contributed by atoms with van der Waals surface area (Å²) in [6, 6.07) is 7.68. The molecule has 2 N–H and O–H groups in total. The molecule has 2 rings (SSSR count). The number of rotatable bonds is 5. The standard InChI is InChI=1S/C13H18ClNO2/c14-12-4-2-1-3-11(12)13(7-15)17-9-10-5-6-16-8-10/h1-4,10,13H,5-9,15H2. The maximum absolute atomic E-state index is 6.13. The van der Waals surface area contributed by atoms with Crippen molar-refractivity contribution in [3.63, 3.8) is 0 Å². The molecule has 2 unspecified atom stereocenters. The summed E-state index contributed by atoms with van der Waals surface area (Å²) in [6.45, 7) is 2.76. The van der Waals surface area contributed by atoms with Gasteiger partial charge in [-0.2, -0.15) is 0 Å². The summed E-state index contributed by atoms with van der Waals surface area (Å²) >= 11 is 6.13. The van der Waals surface area contributed by atoms with E-state index in [1.807, 2.05) is 24.3 Å². The van der Waals surface area contributed by atoms with Crippen LogP contribution in [0.1, 0.15) is 18.1 Å². The van der Waals surface area contributed by atoms with Crippen LogP contribution in [0.3, 0.4) is 0 Å². The third-order valence-electron chi connectivity index (χ3n) is 3.02. The molecule has 0 amide bonds. The van der Waals surface area contributed by atoms with Crippen LogP contribution in [0.15, 0.2) is 24.3 Å². The normalized spacial score (nSPS) is 21.6. The van der Waals surface area contributed by atoms with Crippen molar-refractivity contribution < 1.29 is 9.47 Å². The van der Waals surface area contributed by atoms with Crippen LogP contribution in [-0.4, -0.2) is 26.4 Å². The van der Waals surface area contributed by atoms with Gasteiger partial charge in [0.05, 0.1) is 19.3 Å². The average Bonchev–Trinajstić information content (AvgIpc) is 2.85. The Hall–Kier alpha value is -0.610. The van der Waals surface area contributed by atoms with Gasteiger partial charge in [0.25, 0.3) is 0 Å². The van der Waals surface area contributed by atoms with Crippen LogP contribution in [0.2, 0.25) is 5.02 Å². The number of halogens is 1. The molecule has 0 saturated carbocycles. The Morgan fingerprint density at radius 3 is 2.94 bits per heavy atom. The van der Waals surface area contributed by atoms with Gasteiger partial charge in [-0.25, -0.2) is 0 Å². The molecule has 2 atom stereocenters. The van der Waals surface area contributed by atoms with Gasteiger partial charge in [0.15, 0.2) is 0 Å². The van der Waals surface area contributed by atoms with Crippen LogP contribution in [0.5, 0.6) is 0 Å². The van der Waals surface area contributed by atoms with Gasteiger partial charge < -0.3 is 15.2 Å². The number of hydrogen-bond donors (Lipinski definition) is 1. The van der Waals surface area contributed by atoms with E-state index in [1.165, 1.54) is 0 Å². The van der Waals surface area contributed by atoms with Gasteiger partial charge in [0.1, 0.15) is 0 Å². The lowest BCUT2D eigenvalue weighted by molar-refractivity contribution is 0.0302. The Balaban J connectivity index is 1.94. The highest BCUT2D eigenvalue weighted by Gasteiger charge is 2.19. The summed E-state index contributed by atoms with van der Waals surface area (Å²) in [5.41, 5.74) is 6.71. The second-order valence-electron chi connectivity index (χ2n) is 4.31. The van der Waals surface area contributed by atoms with E-state index in [2.05, 4.69) is 0 Å². The monoisotopic (exact) mass is 255 g/mol. The van der Waals surface area contributed by atoms with E-state index in [4.69, 9.17) is 26.8 Å². The van der Waals surface area contributed by atoms with E-state index in [0.29, 0.717) is 24.1 Å². The fourth-order valence-electron chi connectivity index (χ4n) is 1.99. The first-order valence-corrected chi connectivity index (χ1v) is 6.33. The molecule has 1 aliphatic heterocycles. The molecule has 1 aromatic carbocycles. The lowest BCUT2D eigenvalue weighted by Crippen LogP contribution is -2.20. The van der Waals surface area contributed by atoms with Gasteiger partial charge in [-0.15, -0.1) is 0 Å². The van der Waals surface area contributed by atoms with Gasteiger partial charge in [-0.05, 0) is 12.5 Å². The van der Waals surface area contributed by atoms with Crippen molar-refractivity contribution in [2.75, 3.05) is 26.4 Å². The summed E-state index contributed by atoms with van der Waals surface area (Å²) in [5, 5.41) is 0.714. The Morgan fingerprint density at radius 1 is 1.47 bits per heavy atom. The first kappa shape index (κ1) is 12.8. The largest absolute Gasteiger partial charge is 0.381 e. The minimum atomic E-state index is -0.121. The van der Waals surface area contributed by atoms with E-state index in [-0.39, 0.29) is 6.10 Å². The quantitative estimate of drug-likeness (QED) is 0.879. The van der Waals surface area contributed by atoms with Crippen molar-refractivity contribution in [1.82, 2.24) is 0 Å². The minimum absolute atomic E-state index is 0.121. The molecule has 0 aromatic heterocycles. The molecule has 1 aromatic rings. The van der Waals surface area contributed by atoms with Crippen molar-refractivity contribution in [2.24, 2.45) is 11.7 Å². The zero-order chi connectivity index (χ0) is 12.1. The molecular formula is C13H18ClNO2. The fourth-order valence-corrected chi connectivity index (χ4v) is 2.25. The first-order chi connectivity index (χ1) is 8.31. The number of benzene rings is 1. The van der Waals surface area contributed by atoms with Crippen molar-refractivity contribution in [2.45, 2.75) is 12.5 Å².